The van der Waals surface area contributed by atoms with E-state index in [-0.39, 0.29) is 0 Å². The summed E-state index contributed by atoms with van der Waals surface area (Å²) >= 11 is 0. The van der Waals surface area contributed by atoms with Gasteiger partial charge in [0, 0.05) is 11.9 Å². The van der Waals surface area contributed by atoms with Crippen molar-refractivity contribution in [3.05, 3.63) is 28.6 Å². The van der Waals surface area contributed by atoms with Crippen molar-refractivity contribution >= 4 is 0 Å². The topological polar surface area (TPSA) is 36.7 Å². The van der Waals surface area contributed by atoms with E-state index in [1.165, 1.54) is 23.2 Å². The quantitative estimate of drug-likeness (QED) is 0.675. The van der Waals surface area contributed by atoms with Gasteiger partial charge in [-0.1, -0.05) is 13.8 Å². The van der Waals surface area contributed by atoms with Gasteiger partial charge in [-0.25, -0.2) is 0 Å². The van der Waals surface area contributed by atoms with Gasteiger partial charge >= 0.3 is 0 Å². The molecule has 0 amide bonds. The molecule has 0 aliphatic heterocycles. The standard InChI is InChI=1S/C12H14N2/c1-8(2)12-9(6-13)7-14-11-5-3-4-10(11)12/h7-8H,3-5H2,1-2H3. The second-order valence-electron chi connectivity index (χ2n) is 4.13. The molecule has 0 atom stereocenters. The highest BCUT2D eigenvalue weighted by atomic mass is 14.7. The number of rotatable bonds is 1. The van der Waals surface area contributed by atoms with Crippen molar-refractivity contribution < 1.29 is 0 Å². The maximum atomic E-state index is 9.01. The van der Waals surface area contributed by atoms with E-state index in [1.54, 1.807) is 6.20 Å². The highest BCUT2D eigenvalue weighted by molar-refractivity contribution is 5.46. The van der Waals surface area contributed by atoms with Gasteiger partial charge < -0.3 is 0 Å². The van der Waals surface area contributed by atoms with Gasteiger partial charge in [0.2, 0.25) is 0 Å². The molecular formula is C12H14N2. The van der Waals surface area contributed by atoms with Crippen LogP contribution in [0.4, 0.5) is 0 Å². The van der Waals surface area contributed by atoms with Gasteiger partial charge in [-0.05, 0) is 36.3 Å². The zero-order valence-corrected chi connectivity index (χ0v) is 8.67. The molecule has 0 N–H and O–H groups in total. The van der Waals surface area contributed by atoms with Crippen molar-refractivity contribution in [1.82, 2.24) is 4.98 Å². The molecule has 14 heavy (non-hydrogen) atoms. The Morgan fingerprint density at radius 2 is 2.21 bits per heavy atom. The third kappa shape index (κ3) is 1.29. The highest BCUT2D eigenvalue weighted by Crippen LogP contribution is 2.30. The number of hydrogen-bond donors (Lipinski definition) is 0. The average molecular weight is 186 g/mol. The molecule has 2 nitrogen and oxygen atoms in total. The molecule has 1 heterocycles. The largest absolute Gasteiger partial charge is 0.260 e. The van der Waals surface area contributed by atoms with Crippen molar-refractivity contribution in [2.45, 2.75) is 39.0 Å². The van der Waals surface area contributed by atoms with Gasteiger partial charge in [-0.3, -0.25) is 4.98 Å². The lowest BCUT2D eigenvalue weighted by atomic mass is 9.93. The van der Waals surface area contributed by atoms with Gasteiger partial charge in [0.1, 0.15) is 6.07 Å². The van der Waals surface area contributed by atoms with E-state index >= 15 is 0 Å². The first-order valence-electron chi connectivity index (χ1n) is 5.14. The van der Waals surface area contributed by atoms with Gasteiger partial charge in [0.05, 0.1) is 5.56 Å². The fourth-order valence-corrected chi connectivity index (χ4v) is 2.28. The van der Waals surface area contributed by atoms with Crippen molar-refractivity contribution in [3.8, 4) is 6.07 Å². The summed E-state index contributed by atoms with van der Waals surface area (Å²) in [6.45, 7) is 4.30. The molecule has 0 fully saturated rings. The first-order chi connectivity index (χ1) is 6.74. The molecular weight excluding hydrogens is 172 g/mol. The molecule has 2 rings (SSSR count). The number of fused-ring (bicyclic) bond motifs is 1. The fourth-order valence-electron chi connectivity index (χ4n) is 2.28. The molecule has 0 saturated heterocycles. The number of aromatic nitrogens is 1. The van der Waals surface area contributed by atoms with Crippen LogP contribution < -0.4 is 0 Å². The molecule has 0 radical (unpaired) electrons. The predicted octanol–water partition coefficient (Wildman–Crippen LogP) is 2.57. The smallest absolute Gasteiger partial charge is 0.101 e. The second-order valence-corrected chi connectivity index (χ2v) is 4.13. The number of hydrogen-bond acceptors (Lipinski definition) is 2. The van der Waals surface area contributed by atoms with Crippen LogP contribution in [-0.4, -0.2) is 4.98 Å². The van der Waals surface area contributed by atoms with Crippen LogP contribution in [0.3, 0.4) is 0 Å². The van der Waals surface area contributed by atoms with Crippen LogP contribution in [-0.2, 0) is 12.8 Å². The molecule has 1 aliphatic carbocycles. The molecule has 0 saturated carbocycles. The molecule has 1 aromatic rings. The Labute approximate surface area is 84.6 Å². The Morgan fingerprint density at radius 1 is 1.43 bits per heavy atom. The van der Waals surface area contributed by atoms with Crippen molar-refractivity contribution in [2.75, 3.05) is 0 Å². The Morgan fingerprint density at radius 3 is 2.86 bits per heavy atom. The van der Waals surface area contributed by atoms with E-state index in [0.29, 0.717) is 5.92 Å². The maximum absolute atomic E-state index is 9.01. The summed E-state index contributed by atoms with van der Waals surface area (Å²) in [7, 11) is 0. The van der Waals surface area contributed by atoms with E-state index < -0.39 is 0 Å². The van der Waals surface area contributed by atoms with E-state index in [2.05, 4.69) is 24.9 Å². The van der Waals surface area contributed by atoms with Crippen LogP contribution >= 0.6 is 0 Å². The summed E-state index contributed by atoms with van der Waals surface area (Å²) in [6.07, 6.45) is 5.11. The van der Waals surface area contributed by atoms with Crippen LogP contribution in [0.5, 0.6) is 0 Å². The lowest BCUT2D eigenvalue weighted by molar-refractivity contribution is 0.833. The van der Waals surface area contributed by atoms with Crippen molar-refractivity contribution in [3.63, 3.8) is 0 Å². The van der Waals surface area contributed by atoms with Crippen molar-refractivity contribution in [1.29, 1.82) is 5.26 Å². The second kappa shape index (κ2) is 3.42. The summed E-state index contributed by atoms with van der Waals surface area (Å²) < 4.78 is 0. The Hall–Kier alpha value is -1.36. The molecule has 0 aromatic carbocycles. The van der Waals surface area contributed by atoms with E-state index in [0.717, 1.165) is 18.4 Å². The molecule has 1 aromatic heterocycles. The molecule has 2 heteroatoms. The minimum atomic E-state index is 0.430. The normalized spacial score (nSPS) is 14.1. The predicted molar refractivity (Wildman–Crippen MR) is 55.1 cm³/mol. The average Bonchev–Trinajstić information content (AvgIpc) is 2.62. The lowest BCUT2D eigenvalue weighted by Crippen LogP contribution is -2.02. The number of nitrogens with zero attached hydrogens (tertiary/aromatic N) is 2. The van der Waals surface area contributed by atoms with Crippen LogP contribution in [0, 0.1) is 11.3 Å². The summed E-state index contributed by atoms with van der Waals surface area (Å²) in [5.74, 6) is 0.430. The third-order valence-electron chi connectivity index (χ3n) is 2.85. The SMILES string of the molecule is CC(C)c1c(C#N)cnc2c1CCC2. The van der Waals surface area contributed by atoms with Crippen LogP contribution in [0.1, 0.15) is 48.6 Å². The van der Waals surface area contributed by atoms with E-state index in [4.69, 9.17) is 5.26 Å². The summed E-state index contributed by atoms with van der Waals surface area (Å²) in [6, 6.07) is 2.24. The van der Waals surface area contributed by atoms with Crippen molar-refractivity contribution in [2.24, 2.45) is 0 Å². The first-order valence-corrected chi connectivity index (χ1v) is 5.14. The summed E-state index contributed by atoms with van der Waals surface area (Å²) in [5.41, 5.74) is 4.56. The minimum Gasteiger partial charge on any atom is -0.260 e. The number of pyridine rings is 1. The number of aryl methyl sites for hydroxylation is 1. The monoisotopic (exact) mass is 186 g/mol. The lowest BCUT2D eigenvalue weighted by Gasteiger charge is -2.12. The first kappa shape index (κ1) is 9.21. The molecule has 72 valence electrons. The minimum absolute atomic E-state index is 0.430. The Balaban J connectivity index is 2.64. The zero-order chi connectivity index (χ0) is 10.1. The number of nitriles is 1. The molecule has 1 aliphatic rings. The highest BCUT2D eigenvalue weighted by Gasteiger charge is 2.20. The van der Waals surface area contributed by atoms with Crippen LogP contribution in [0.25, 0.3) is 0 Å². The van der Waals surface area contributed by atoms with Gasteiger partial charge in [0.15, 0.2) is 0 Å². The molecule has 0 bridgehead atoms. The maximum Gasteiger partial charge on any atom is 0.101 e. The third-order valence-corrected chi connectivity index (χ3v) is 2.85. The molecule has 0 spiro atoms. The van der Waals surface area contributed by atoms with Gasteiger partial charge in [-0.15, -0.1) is 0 Å². The fraction of sp³-hybridized carbons (Fsp3) is 0.500. The van der Waals surface area contributed by atoms with E-state index in [1.807, 2.05) is 0 Å². The van der Waals surface area contributed by atoms with E-state index in [9.17, 15) is 0 Å². The van der Waals surface area contributed by atoms with Gasteiger partial charge in [0.25, 0.3) is 0 Å². The zero-order valence-electron chi connectivity index (χ0n) is 8.67. The Bertz CT molecular complexity index is 400. The van der Waals surface area contributed by atoms with Crippen LogP contribution in [0.15, 0.2) is 6.20 Å². The molecule has 0 unspecified atom stereocenters. The van der Waals surface area contributed by atoms with Gasteiger partial charge in [-0.2, -0.15) is 5.26 Å². The van der Waals surface area contributed by atoms with Crippen LogP contribution in [0.2, 0.25) is 0 Å². The Kier molecular flexibility index (Phi) is 2.25. The summed E-state index contributed by atoms with van der Waals surface area (Å²) in [4.78, 5) is 4.35. The summed E-state index contributed by atoms with van der Waals surface area (Å²) in [5, 5.41) is 9.01.